The van der Waals surface area contributed by atoms with Gasteiger partial charge in [-0.2, -0.15) is 0 Å². The number of carbonyl (C=O) groups is 2. The lowest BCUT2D eigenvalue weighted by molar-refractivity contribution is -0.116. The maximum absolute atomic E-state index is 12.5. The summed E-state index contributed by atoms with van der Waals surface area (Å²) in [6.45, 7) is 0.789. The first-order valence-electron chi connectivity index (χ1n) is 12.2. The highest BCUT2D eigenvalue weighted by molar-refractivity contribution is 5.99. The van der Waals surface area contributed by atoms with Crippen molar-refractivity contribution in [1.29, 1.82) is 5.41 Å². The van der Waals surface area contributed by atoms with E-state index in [2.05, 4.69) is 10.6 Å². The van der Waals surface area contributed by atoms with Gasteiger partial charge in [-0.1, -0.05) is 24.3 Å². The van der Waals surface area contributed by atoms with E-state index in [0.29, 0.717) is 48.9 Å². The predicted molar refractivity (Wildman–Crippen MR) is 142 cm³/mol. The van der Waals surface area contributed by atoms with E-state index < -0.39 is 5.92 Å². The number of nitrogens with two attached hydrogens (primary N) is 2. The highest BCUT2D eigenvalue weighted by Gasteiger charge is 2.34. The first kappa shape index (κ1) is 27.9. The highest BCUT2D eigenvalue weighted by Crippen LogP contribution is 2.32. The molecule has 198 valence electrons. The molecule has 0 saturated heterocycles. The zero-order chi connectivity index (χ0) is 27.0. The molecule has 1 amide bonds. The normalized spacial score (nSPS) is 15.0. The summed E-state index contributed by atoms with van der Waals surface area (Å²) in [5.74, 6) is -2.52. The maximum atomic E-state index is 12.5. The fourth-order valence-electron chi connectivity index (χ4n) is 4.28. The van der Waals surface area contributed by atoms with Gasteiger partial charge in [0.1, 0.15) is 5.84 Å². The van der Waals surface area contributed by atoms with E-state index in [0.717, 1.165) is 22.8 Å². The number of hydrogen-bond acceptors (Lipinski definition) is 5. The van der Waals surface area contributed by atoms with Crippen LogP contribution in [0.3, 0.4) is 0 Å². The third-order valence-corrected chi connectivity index (χ3v) is 6.44. The molecule has 0 radical (unpaired) electrons. The molecular formula is C27H34F2N6O2. The Hall–Kier alpha value is -3.63. The Kier molecular flexibility index (Phi) is 9.48. The van der Waals surface area contributed by atoms with Crippen LogP contribution in [-0.2, 0) is 11.3 Å². The van der Waals surface area contributed by atoms with Gasteiger partial charge in [0.2, 0.25) is 11.8 Å². The maximum Gasteiger partial charge on any atom is 0.248 e. The van der Waals surface area contributed by atoms with Crippen LogP contribution in [0.15, 0.2) is 48.5 Å². The van der Waals surface area contributed by atoms with Crippen molar-refractivity contribution in [3.63, 3.8) is 0 Å². The average Bonchev–Trinajstić information content (AvgIpc) is 3.22. The molecule has 1 aliphatic carbocycles. The summed E-state index contributed by atoms with van der Waals surface area (Å²) in [4.78, 5) is 23.1. The third-order valence-electron chi connectivity index (χ3n) is 6.44. The number of halogens is 2. The number of amidine groups is 1. The van der Waals surface area contributed by atoms with Crippen molar-refractivity contribution in [1.82, 2.24) is 9.88 Å². The van der Waals surface area contributed by atoms with E-state index in [4.69, 9.17) is 16.9 Å². The van der Waals surface area contributed by atoms with Crippen LogP contribution in [0.5, 0.6) is 0 Å². The van der Waals surface area contributed by atoms with E-state index >= 15 is 0 Å². The molecule has 0 aliphatic heterocycles. The summed E-state index contributed by atoms with van der Waals surface area (Å²) in [6, 6.07) is 15.0. The molecule has 8 nitrogen and oxygen atoms in total. The molecule has 2 aromatic carbocycles. The Morgan fingerprint density at radius 3 is 2.41 bits per heavy atom. The molecule has 1 aromatic heterocycles. The standard InChI is InChI=1S/C20H21N5O2.C7H13F2N/c21-8-7-19(27)24-16-5-1-13(2-6-16)11-25-17(12-26)9-14-3-4-15(20(22)23)10-18(14)25;1-10-6-2-4-7(8,9)5-3-6/h1-6,9-10,12H,7-8,11,21H2,(H3,22,23)(H,24,27);6,10H,2-5H2,1H3. The second-order valence-electron chi connectivity index (χ2n) is 9.16. The summed E-state index contributed by atoms with van der Waals surface area (Å²) < 4.78 is 26.9. The van der Waals surface area contributed by atoms with Crippen LogP contribution in [0, 0.1) is 5.41 Å². The lowest BCUT2D eigenvalue weighted by atomic mass is 9.92. The van der Waals surface area contributed by atoms with Gasteiger partial charge in [-0.15, -0.1) is 0 Å². The molecule has 1 saturated carbocycles. The zero-order valence-electron chi connectivity index (χ0n) is 20.9. The number of fused-ring (bicyclic) bond motifs is 1. The van der Waals surface area contributed by atoms with E-state index in [1.54, 1.807) is 6.07 Å². The van der Waals surface area contributed by atoms with Crippen molar-refractivity contribution in [2.75, 3.05) is 18.9 Å². The molecule has 3 aromatic rings. The minimum atomic E-state index is -2.38. The number of aromatic nitrogens is 1. The topological polar surface area (TPSA) is 139 Å². The van der Waals surface area contributed by atoms with Gasteiger partial charge in [0, 0.05) is 60.5 Å². The second-order valence-corrected chi connectivity index (χ2v) is 9.16. The second kappa shape index (κ2) is 12.6. The first-order chi connectivity index (χ1) is 17.7. The SMILES string of the molecule is CNC1CCC(F)(F)CC1.N=C(N)c1ccc2cc(C=O)n(Cc3ccc(NC(=O)CCN)cc3)c2c1. The fraction of sp³-hybridized carbons (Fsp3) is 0.370. The molecule has 0 spiro atoms. The Balaban J connectivity index is 0.000000319. The Morgan fingerprint density at radius 2 is 1.84 bits per heavy atom. The number of aldehydes is 1. The molecule has 1 fully saturated rings. The van der Waals surface area contributed by atoms with Crippen molar-refractivity contribution < 1.29 is 18.4 Å². The first-order valence-corrected chi connectivity index (χ1v) is 12.2. The number of nitrogens with zero attached hydrogens (tertiary/aromatic N) is 1. The van der Waals surface area contributed by atoms with Gasteiger partial charge < -0.3 is 26.7 Å². The number of benzene rings is 2. The summed E-state index contributed by atoms with van der Waals surface area (Å²) in [6.07, 6.45) is 2.43. The summed E-state index contributed by atoms with van der Waals surface area (Å²) in [5.41, 5.74) is 14.6. The zero-order valence-corrected chi connectivity index (χ0v) is 20.9. The monoisotopic (exact) mass is 512 g/mol. The van der Waals surface area contributed by atoms with Gasteiger partial charge in [-0.25, -0.2) is 8.78 Å². The van der Waals surface area contributed by atoms with Crippen LogP contribution in [0.1, 0.15) is 53.7 Å². The number of carbonyl (C=O) groups excluding carboxylic acids is 2. The van der Waals surface area contributed by atoms with E-state index in [1.165, 1.54) is 0 Å². The number of rotatable bonds is 8. The minimum absolute atomic E-state index is 0.0186. The quantitative estimate of drug-likeness (QED) is 0.177. The van der Waals surface area contributed by atoms with Crippen molar-refractivity contribution in [2.24, 2.45) is 11.5 Å². The van der Waals surface area contributed by atoms with Gasteiger partial charge in [0.25, 0.3) is 0 Å². The number of alkyl halides is 2. The lowest BCUT2D eigenvalue weighted by Crippen LogP contribution is -2.34. The van der Waals surface area contributed by atoms with E-state index in [9.17, 15) is 18.4 Å². The van der Waals surface area contributed by atoms with E-state index in [-0.39, 0.29) is 31.0 Å². The number of hydrogen-bond donors (Lipinski definition) is 5. The van der Waals surface area contributed by atoms with Crippen LogP contribution in [0.4, 0.5) is 14.5 Å². The molecule has 0 atom stereocenters. The van der Waals surface area contributed by atoms with Gasteiger partial charge in [0.05, 0.1) is 5.69 Å². The molecule has 0 unspecified atom stereocenters. The molecule has 1 aliphatic rings. The molecule has 4 rings (SSSR count). The van der Waals surface area contributed by atoms with Crippen LogP contribution in [0.25, 0.3) is 10.9 Å². The van der Waals surface area contributed by atoms with Crippen molar-refractivity contribution in [2.45, 2.75) is 50.6 Å². The van der Waals surface area contributed by atoms with Crippen LogP contribution in [0.2, 0.25) is 0 Å². The molecule has 0 bridgehead atoms. The number of nitrogens with one attached hydrogen (secondary N) is 3. The van der Waals surface area contributed by atoms with Crippen molar-refractivity contribution in [3.05, 3.63) is 65.4 Å². The highest BCUT2D eigenvalue weighted by atomic mass is 19.3. The summed E-state index contributed by atoms with van der Waals surface area (Å²) >= 11 is 0. The van der Waals surface area contributed by atoms with Gasteiger partial charge in [-0.05, 0) is 49.7 Å². The van der Waals surface area contributed by atoms with Crippen molar-refractivity contribution >= 4 is 34.6 Å². The number of amides is 1. The molecule has 37 heavy (non-hydrogen) atoms. The summed E-state index contributed by atoms with van der Waals surface area (Å²) in [7, 11) is 1.83. The molecule has 1 heterocycles. The minimum Gasteiger partial charge on any atom is -0.384 e. The Morgan fingerprint density at radius 1 is 1.16 bits per heavy atom. The largest absolute Gasteiger partial charge is 0.384 e. The van der Waals surface area contributed by atoms with Crippen LogP contribution < -0.4 is 22.1 Å². The smallest absolute Gasteiger partial charge is 0.248 e. The van der Waals surface area contributed by atoms with Crippen molar-refractivity contribution in [3.8, 4) is 0 Å². The Bertz CT molecular complexity index is 1230. The summed E-state index contributed by atoms with van der Waals surface area (Å²) in [5, 5.41) is 14.3. The average molecular weight is 513 g/mol. The fourth-order valence-corrected chi connectivity index (χ4v) is 4.28. The van der Waals surface area contributed by atoms with Crippen LogP contribution in [-0.4, -0.2) is 48.2 Å². The lowest BCUT2D eigenvalue weighted by Gasteiger charge is -2.27. The van der Waals surface area contributed by atoms with E-state index in [1.807, 2.05) is 54.1 Å². The van der Waals surface area contributed by atoms with Gasteiger partial charge in [0.15, 0.2) is 6.29 Å². The van der Waals surface area contributed by atoms with Crippen LogP contribution >= 0.6 is 0 Å². The molecular weight excluding hydrogens is 478 g/mol. The number of nitrogen functional groups attached to an aromatic ring is 1. The Labute approximate surface area is 214 Å². The van der Waals surface area contributed by atoms with Gasteiger partial charge >= 0.3 is 0 Å². The predicted octanol–water partition coefficient (Wildman–Crippen LogP) is 3.86. The van der Waals surface area contributed by atoms with Gasteiger partial charge in [-0.3, -0.25) is 15.0 Å². The molecule has 7 N–H and O–H groups in total. The molecule has 10 heteroatoms. The number of anilines is 1. The third kappa shape index (κ3) is 7.68.